The van der Waals surface area contributed by atoms with Gasteiger partial charge in [-0.1, -0.05) is 11.5 Å². The van der Waals surface area contributed by atoms with Crippen LogP contribution in [0.25, 0.3) is 0 Å². The molecule has 0 amide bonds. The molecule has 0 N–H and O–H groups in total. The molecule has 0 saturated carbocycles. The maximum absolute atomic E-state index is 13.0. The van der Waals surface area contributed by atoms with Crippen LogP contribution in [0.2, 0.25) is 0 Å². The minimum absolute atomic E-state index is 0. The van der Waals surface area contributed by atoms with Gasteiger partial charge < -0.3 is 22.6 Å². The first-order valence-electron chi connectivity index (χ1n) is 6.81. The van der Waals surface area contributed by atoms with Crippen molar-refractivity contribution in [2.75, 3.05) is 26.2 Å². The van der Waals surface area contributed by atoms with Gasteiger partial charge in [0, 0.05) is 12.6 Å². The number of nitrogens with zero attached hydrogens (tertiary/aromatic N) is 1. The van der Waals surface area contributed by atoms with Crippen molar-refractivity contribution < 1.29 is 73.5 Å². The van der Waals surface area contributed by atoms with Crippen molar-refractivity contribution in [3.63, 3.8) is 0 Å². The Labute approximate surface area is 164 Å². The molecule has 112 valence electrons. The van der Waals surface area contributed by atoms with Gasteiger partial charge in [-0.15, -0.1) is 0 Å². The Hall–Kier alpha value is 0.401. The summed E-state index contributed by atoms with van der Waals surface area (Å²) in [6, 6.07) is 2.35. The molecule has 1 aliphatic rings. The van der Waals surface area contributed by atoms with Crippen LogP contribution in [0.15, 0.2) is 18.2 Å². The molecule has 0 spiro atoms. The summed E-state index contributed by atoms with van der Waals surface area (Å²) in [5.74, 6) is -1.12. The van der Waals surface area contributed by atoms with Gasteiger partial charge in [0.05, 0.1) is 12.4 Å². The topological polar surface area (TPSA) is 12.5 Å². The Balaban J connectivity index is 0.00000220. The monoisotopic (exact) mass is 329 g/mol. The van der Waals surface area contributed by atoms with Crippen LogP contribution >= 0.6 is 0 Å². The second-order valence-corrected chi connectivity index (χ2v) is 5.01. The number of rotatable bonds is 6. The maximum Gasteiger partial charge on any atom is 1.00 e. The third-order valence-electron chi connectivity index (χ3n) is 3.40. The Morgan fingerprint density at radius 1 is 1.14 bits per heavy atom. The van der Waals surface area contributed by atoms with Gasteiger partial charge in [0.2, 0.25) is 0 Å². The number of benzene rings is 1. The largest absolute Gasteiger partial charge is 1.00 e. The zero-order valence-electron chi connectivity index (χ0n) is 12.1. The van der Waals surface area contributed by atoms with E-state index >= 15 is 0 Å². The molecule has 8 heteroatoms. The quantitative estimate of drug-likeness (QED) is 0.405. The molecular formula is C13H17BF4KNO. The Morgan fingerprint density at radius 2 is 1.81 bits per heavy atom. The van der Waals surface area contributed by atoms with Gasteiger partial charge in [-0.25, -0.2) is 4.39 Å². The third kappa shape index (κ3) is 6.19. The van der Waals surface area contributed by atoms with Crippen LogP contribution in [0.4, 0.5) is 17.3 Å². The van der Waals surface area contributed by atoms with Crippen LogP contribution in [-0.4, -0.2) is 38.1 Å². The molecule has 0 aliphatic carbocycles. The third-order valence-corrected chi connectivity index (χ3v) is 3.40. The van der Waals surface area contributed by atoms with Crippen molar-refractivity contribution in [3.8, 4) is 5.75 Å². The summed E-state index contributed by atoms with van der Waals surface area (Å²) in [5.41, 5.74) is -0.868. The smallest absolute Gasteiger partial charge is 0.496 e. The predicted octanol–water partition coefficient (Wildman–Crippen LogP) is -0.251. The van der Waals surface area contributed by atoms with Crippen LogP contribution in [-0.2, 0) is 0 Å². The first-order valence-corrected chi connectivity index (χ1v) is 6.81. The van der Waals surface area contributed by atoms with Crippen molar-refractivity contribution >= 4 is 12.4 Å². The van der Waals surface area contributed by atoms with Crippen LogP contribution in [0.1, 0.15) is 19.3 Å². The van der Waals surface area contributed by atoms with Gasteiger partial charge in [0.15, 0.2) is 0 Å². The molecule has 0 radical (unpaired) electrons. The summed E-state index contributed by atoms with van der Waals surface area (Å²) in [5, 5.41) is 0. The van der Waals surface area contributed by atoms with Gasteiger partial charge in [0.1, 0.15) is 5.82 Å². The average molecular weight is 329 g/mol. The SMILES string of the molecule is Fc1ccc([B-](F)(F)F)c(OCCCN2CCCC2)c1.[K+]. The minimum atomic E-state index is -5.19. The zero-order valence-corrected chi connectivity index (χ0v) is 15.2. The number of hydrogen-bond donors (Lipinski definition) is 0. The first-order chi connectivity index (χ1) is 9.47. The van der Waals surface area contributed by atoms with E-state index in [0.29, 0.717) is 6.42 Å². The molecular weight excluding hydrogens is 312 g/mol. The number of ether oxygens (including phenoxy) is 1. The van der Waals surface area contributed by atoms with E-state index in [4.69, 9.17) is 4.74 Å². The summed E-state index contributed by atoms with van der Waals surface area (Å²) in [6.07, 6.45) is 2.98. The van der Waals surface area contributed by atoms with Gasteiger partial charge in [0.25, 0.3) is 0 Å². The van der Waals surface area contributed by atoms with E-state index in [1.165, 1.54) is 12.8 Å². The second-order valence-electron chi connectivity index (χ2n) is 5.01. The molecule has 0 unspecified atom stereocenters. The zero-order chi connectivity index (χ0) is 14.6. The van der Waals surface area contributed by atoms with E-state index < -0.39 is 24.0 Å². The molecule has 1 aliphatic heterocycles. The van der Waals surface area contributed by atoms with Crippen LogP contribution < -0.4 is 61.6 Å². The van der Waals surface area contributed by atoms with Crippen molar-refractivity contribution in [2.24, 2.45) is 0 Å². The predicted molar refractivity (Wildman–Crippen MR) is 70.9 cm³/mol. The van der Waals surface area contributed by atoms with E-state index in [0.717, 1.165) is 37.8 Å². The molecule has 1 aromatic carbocycles. The van der Waals surface area contributed by atoms with E-state index in [1.807, 2.05) is 0 Å². The fourth-order valence-electron chi connectivity index (χ4n) is 2.38. The first kappa shape index (κ1) is 19.4. The second kappa shape index (κ2) is 8.88. The standard InChI is InChI=1S/C13H17BF4NO.K/c15-11-4-5-12(14(16,17)18)13(10-11)20-9-3-8-19-6-1-2-7-19;/h4-5,10H,1-3,6-9H2;/q-1;+1. The van der Waals surface area contributed by atoms with Gasteiger partial charge >= 0.3 is 58.4 Å². The number of halogens is 4. The molecule has 1 heterocycles. The van der Waals surface area contributed by atoms with Crippen molar-refractivity contribution in [3.05, 3.63) is 24.0 Å². The molecule has 21 heavy (non-hydrogen) atoms. The fraction of sp³-hybridized carbons (Fsp3) is 0.538. The summed E-state index contributed by atoms with van der Waals surface area (Å²) in [7, 11) is 0. The fourth-order valence-corrected chi connectivity index (χ4v) is 2.38. The summed E-state index contributed by atoms with van der Waals surface area (Å²) >= 11 is 0. The van der Waals surface area contributed by atoms with Crippen LogP contribution in [0.3, 0.4) is 0 Å². The molecule has 0 atom stereocenters. The van der Waals surface area contributed by atoms with Crippen LogP contribution in [0.5, 0.6) is 5.75 Å². The van der Waals surface area contributed by atoms with Crippen molar-refractivity contribution in [2.45, 2.75) is 19.3 Å². The minimum Gasteiger partial charge on any atom is -0.496 e. The van der Waals surface area contributed by atoms with Gasteiger partial charge in [-0.2, -0.15) is 0 Å². The molecule has 1 saturated heterocycles. The summed E-state index contributed by atoms with van der Waals surface area (Å²) < 4.78 is 56.5. The van der Waals surface area contributed by atoms with Gasteiger partial charge in [-0.3, -0.25) is 0 Å². The van der Waals surface area contributed by atoms with Crippen molar-refractivity contribution in [1.29, 1.82) is 0 Å². The normalized spacial score (nSPS) is 15.8. The number of hydrogen-bond acceptors (Lipinski definition) is 2. The Morgan fingerprint density at radius 3 is 2.43 bits per heavy atom. The summed E-state index contributed by atoms with van der Waals surface area (Å²) in [4.78, 5) is 2.25. The molecule has 0 aromatic heterocycles. The Kier molecular flexibility index (Phi) is 8.23. The Bertz CT molecular complexity index is 452. The van der Waals surface area contributed by atoms with Gasteiger partial charge in [-0.05, 0) is 38.4 Å². The van der Waals surface area contributed by atoms with Crippen LogP contribution in [0, 0.1) is 5.82 Å². The average Bonchev–Trinajstić information content (AvgIpc) is 2.86. The molecule has 1 fully saturated rings. The van der Waals surface area contributed by atoms with E-state index in [-0.39, 0.29) is 58.0 Å². The molecule has 2 nitrogen and oxygen atoms in total. The van der Waals surface area contributed by atoms with E-state index in [1.54, 1.807) is 0 Å². The molecule has 0 bridgehead atoms. The summed E-state index contributed by atoms with van der Waals surface area (Å²) in [6.45, 7) is -2.14. The van der Waals surface area contributed by atoms with Crippen molar-refractivity contribution in [1.82, 2.24) is 4.90 Å². The van der Waals surface area contributed by atoms with E-state index in [9.17, 15) is 17.3 Å². The number of likely N-dealkylation sites (tertiary alicyclic amines) is 1. The molecule has 1 aromatic rings. The van der Waals surface area contributed by atoms with E-state index in [2.05, 4.69) is 4.90 Å². The maximum atomic E-state index is 13.0. The molecule has 2 rings (SSSR count).